The van der Waals surface area contributed by atoms with Crippen LogP contribution >= 0.6 is 34.5 Å². The van der Waals surface area contributed by atoms with Crippen LogP contribution in [-0.2, 0) is 21.1 Å². The molecule has 2 aromatic rings. The smallest absolute Gasteiger partial charge is 0.225 e. The second-order valence-electron chi connectivity index (χ2n) is 6.74. The van der Waals surface area contributed by atoms with E-state index in [1.165, 1.54) is 11.3 Å². The van der Waals surface area contributed by atoms with Crippen molar-refractivity contribution < 1.29 is 13.2 Å². The number of hydrogen-bond acceptors (Lipinski definition) is 5. The number of hydrogen-bond donors (Lipinski definition) is 1. The van der Waals surface area contributed by atoms with Crippen molar-refractivity contribution in [3.05, 3.63) is 45.3 Å². The molecular formula is C19H22Cl2N2O3S2. The topological polar surface area (TPSA) is 66.5 Å². The molecule has 9 heteroatoms. The molecule has 1 amide bonds. The molecule has 1 saturated heterocycles. The zero-order chi connectivity index (χ0) is 20.1. The lowest BCUT2D eigenvalue weighted by molar-refractivity contribution is -0.120. The Bertz CT molecular complexity index is 910. The van der Waals surface area contributed by atoms with Crippen LogP contribution in [-0.4, -0.2) is 56.9 Å². The van der Waals surface area contributed by atoms with Crippen molar-refractivity contribution in [1.29, 1.82) is 0 Å². The SMILES string of the molecule is O=C(Cc1ccc(-c2c(Cl)cccc2Cl)s1)NCCCN1CCS(=O)(=O)CC1. The normalized spacial score (nSPS) is 16.8. The second kappa shape index (κ2) is 9.59. The monoisotopic (exact) mass is 460 g/mol. The van der Waals surface area contributed by atoms with Gasteiger partial charge in [-0.15, -0.1) is 11.3 Å². The number of amides is 1. The first-order valence-electron chi connectivity index (χ1n) is 9.07. The van der Waals surface area contributed by atoms with E-state index in [-0.39, 0.29) is 17.4 Å². The van der Waals surface area contributed by atoms with Crippen LogP contribution in [0.15, 0.2) is 30.3 Å². The Balaban J connectivity index is 1.43. The van der Waals surface area contributed by atoms with Gasteiger partial charge in [-0.1, -0.05) is 29.3 Å². The van der Waals surface area contributed by atoms with E-state index in [9.17, 15) is 13.2 Å². The highest BCUT2D eigenvalue weighted by atomic mass is 35.5. The van der Waals surface area contributed by atoms with E-state index in [0.29, 0.717) is 36.1 Å². The van der Waals surface area contributed by atoms with Gasteiger partial charge in [-0.2, -0.15) is 0 Å². The average molecular weight is 461 g/mol. The van der Waals surface area contributed by atoms with Crippen molar-refractivity contribution in [2.24, 2.45) is 0 Å². The highest BCUT2D eigenvalue weighted by Crippen LogP contribution is 2.38. The Labute approximate surface area is 179 Å². The lowest BCUT2D eigenvalue weighted by atomic mass is 10.2. The van der Waals surface area contributed by atoms with Gasteiger partial charge in [0, 0.05) is 35.0 Å². The summed E-state index contributed by atoms with van der Waals surface area (Å²) in [4.78, 5) is 16.2. The van der Waals surface area contributed by atoms with Gasteiger partial charge >= 0.3 is 0 Å². The van der Waals surface area contributed by atoms with E-state index >= 15 is 0 Å². The standard InChI is InChI=1S/C19H22Cl2N2O3S2/c20-15-3-1-4-16(21)19(15)17-6-5-14(27-17)13-18(24)22-7-2-8-23-9-11-28(25,26)12-10-23/h1,3-6H,2,7-13H2,(H,22,24). The van der Waals surface area contributed by atoms with E-state index in [1.54, 1.807) is 18.2 Å². The van der Waals surface area contributed by atoms with Crippen molar-refractivity contribution in [3.63, 3.8) is 0 Å². The third-order valence-electron chi connectivity index (χ3n) is 4.62. The van der Waals surface area contributed by atoms with Crippen LogP contribution in [0.1, 0.15) is 11.3 Å². The largest absolute Gasteiger partial charge is 0.356 e. The minimum Gasteiger partial charge on any atom is -0.356 e. The molecule has 0 unspecified atom stereocenters. The fourth-order valence-corrected chi connectivity index (χ4v) is 6.14. The van der Waals surface area contributed by atoms with Gasteiger partial charge in [-0.3, -0.25) is 4.79 Å². The molecular weight excluding hydrogens is 439 g/mol. The van der Waals surface area contributed by atoms with E-state index in [1.807, 2.05) is 12.1 Å². The number of nitrogens with zero attached hydrogens (tertiary/aromatic N) is 1. The molecule has 2 heterocycles. The van der Waals surface area contributed by atoms with Gasteiger partial charge in [0.1, 0.15) is 0 Å². The minimum atomic E-state index is -2.84. The molecule has 1 N–H and O–H groups in total. The van der Waals surface area contributed by atoms with Crippen LogP contribution in [0.5, 0.6) is 0 Å². The zero-order valence-corrected chi connectivity index (χ0v) is 18.4. The second-order valence-corrected chi connectivity index (χ2v) is 11.0. The number of sulfone groups is 1. The fourth-order valence-electron chi connectivity index (χ4n) is 3.07. The molecule has 0 spiro atoms. The molecule has 1 aliphatic heterocycles. The Morgan fingerprint density at radius 3 is 2.46 bits per heavy atom. The molecule has 1 fully saturated rings. The Hall–Kier alpha value is -1.12. The lowest BCUT2D eigenvalue weighted by Gasteiger charge is -2.26. The van der Waals surface area contributed by atoms with Crippen LogP contribution in [0.4, 0.5) is 0 Å². The maximum Gasteiger partial charge on any atom is 0.225 e. The number of carbonyl (C=O) groups excluding carboxylic acids is 1. The summed E-state index contributed by atoms with van der Waals surface area (Å²) in [5, 5.41) is 4.12. The summed E-state index contributed by atoms with van der Waals surface area (Å²) < 4.78 is 22.8. The summed E-state index contributed by atoms with van der Waals surface area (Å²) >= 11 is 14.0. The molecule has 0 bridgehead atoms. The summed E-state index contributed by atoms with van der Waals surface area (Å²) in [6, 6.07) is 9.26. The number of thiophene rings is 1. The van der Waals surface area contributed by atoms with Crippen LogP contribution in [0.3, 0.4) is 0 Å². The van der Waals surface area contributed by atoms with Crippen molar-refractivity contribution in [2.45, 2.75) is 12.8 Å². The van der Waals surface area contributed by atoms with Crippen molar-refractivity contribution >= 4 is 50.3 Å². The van der Waals surface area contributed by atoms with Gasteiger partial charge in [-0.25, -0.2) is 8.42 Å². The van der Waals surface area contributed by atoms with E-state index in [4.69, 9.17) is 23.2 Å². The van der Waals surface area contributed by atoms with Crippen LogP contribution in [0.25, 0.3) is 10.4 Å². The quantitative estimate of drug-likeness (QED) is 0.641. The van der Waals surface area contributed by atoms with Gasteiger partial charge in [0.15, 0.2) is 9.84 Å². The third kappa shape index (κ3) is 5.94. The molecule has 0 atom stereocenters. The van der Waals surface area contributed by atoms with Crippen LogP contribution < -0.4 is 5.32 Å². The Kier molecular flexibility index (Phi) is 7.39. The van der Waals surface area contributed by atoms with Gasteiger partial charge in [0.25, 0.3) is 0 Å². The number of nitrogens with one attached hydrogen (secondary N) is 1. The molecule has 1 aromatic carbocycles. The average Bonchev–Trinajstić information content (AvgIpc) is 3.07. The first-order valence-corrected chi connectivity index (χ1v) is 12.5. The van der Waals surface area contributed by atoms with Gasteiger partial charge in [0.05, 0.1) is 28.0 Å². The maximum absolute atomic E-state index is 12.2. The summed E-state index contributed by atoms with van der Waals surface area (Å²) in [6.07, 6.45) is 1.12. The molecule has 0 saturated carbocycles. The van der Waals surface area contributed by atoms with Crippen LogP contribution in [0, 0.1) is 0 Å². The number of rotatable bonds is 7. The first kappa shape index (κ1) is 21.6. The highest BCUT2D eigenvalue weighted by molar-refractivity contribution is 7.91. The van der Waals surface area contributed by atoms with Gasteiger partial charge < -0.3 is 10.2 Å². The van der Waals surface area contributed by atoms with Crippen molar-refractivity contribution in [1.82, 2.24) is 10.2 Å². The third-order valence-corrected chi connectivity index (χ3v) is 7.96. The van der Waals surface area contributed by atoms with E-state index in [2.05, 4.69) is 10.2 Å². The molecule has 1 aromatic heterocycles. The zero-order valence-electron chi connectivity index (χ0n) is 15.3. The van der Waals surface area contributed by atoms with Crippen LogP contribution in [0.2, 0.25) is 10.0 Å². The highest BCUT2D eigenvalue weighted by Gasteiger charge is 2.20. The van der Waals surface area contributed by atoms with Gasteiger partial charge in [0.2, 0.25) is 5.91 Å². The van der Waals surface area contributed by atoms with E-state index in [0.717, 1.165) is 28.3 Å². The Morgan fingerprint density at radius 2 is 1.79 bits per heavy atom. The molecule has 28 heavy (non-hydrogen) atoms. The summed E-state index contributed by atoms with van der Waals surface area (Å²) in [5.74, 6) is 0.435. The molecule has 152 valence electrons. The molecule has 1 aliphatic rings. The predicted octanol–water partition coefficient (Wildman–Crippen LogP) is 3.50. The first-order chi connectivity index (χ1) is 13.3. The van der Waals surface area contributed by atoms with Crippen molar-refractivity contribution in [3.8, 4) is 10.4 Å². The number of carbonyl (C=O) groups is 1. The summed E-state index contributed by atoms with van der Waals surface area (Å²) in [7, 11) is -2.84. The minimum absolute atomic E-state index is 0.0279. The molecule has 5 nitrogen and oxygen atoms in total. The maximum atomic E-state index is 12.2. The molecule has 0 radical (unpaired) electrons. The van der Waals surface area contributed by atoms with Crippen molar-refractivity contribution in [2.75, 3.05) is 37.7 Å². The Morgan fingerprint density at radius 1 is 1.11 bits per heavy atom. The molecule has 3 rings (SSSR count). The number of benzene rings is 1. The van der Waals surface area contributed by atoms with Gasteiger partial charge in [-0.05, 0) is 37.2 Å². The fraction of sp³-hybridized carbons (Fsp3) is 0.421. The number of halogens is 2. The summed E-state index contributed by atoms with van der Waals surface area (Å²) in [6.45, 7) is 2.54. The lowest BCUT2D eigenvalue weighted by Crippen LogP contribution is -2.41. The molecule has 0 aliphatic carbocycles. The van der Waals surface area contributed by atoms with E-state index < -0.39 is 9.84 Å². The summed E-state index contributed by atoms with van der Waals surface area (Å²) in [5.41, 5.74) is 0.797. The predicted molar refractivity (Wildman–Crippen MR) is 116 cm³/mol.